The third-order valence-electron chi connectivity index (χ3n) is 3.03. The van der Waals surface area contributed by atoms with Crippen LogP contribution in [0.3, 0.4) is 0 Å². The molecule has 0 saturated heterocycles. The van der Waals surface area contributed by atoms with Gasteiger partial charge in [-0.05, 0) is 24.0 Å². The van der Waals surface area contributed by atoms with E-state index in [-0.39, 0.29) is 0 Å². The molecule has 0 radical (unpaired) electrons. The van der Waals surface area contributed by atoms with Gasteiger partial charge in [0.15, 0.2) is 0 Å². The normalized spacial score (nSPS) is 16.1. The maximum absolute atomic E-state index is 2.47. The molecular formula is C13H18Si. The lowest BCUT2D eigenvalue weighted by molar-refractivity contribution is 1.06. The molecule has 1 aromatic rings. The van der Waals surface area contributed by atoms with E-state index >= 15 is 0 Å². The van der Waals surface area contributed by atoms with Gasteiger partial charge in [0.2, 0.25) is 0 Å². The first-order valence-corrected chi connectivity index (χ1v) is 8.83. The molecule has 1 heteroatoms. The van der Waals surface area contributed by atoms with Crippen molar-refractivity contribution in [2.24, 2.45) is 0 Å². The van der Waals surface area contributed by atoms with Crippen molar-refractivity contribution in [3.8, 4) is 0 Å². The fourth-order valence-corrected chi connectivity index (χ4v) is 3.45. The topological polar surface area (TPSA) is 0 Å². The standard InChI is InChI=1S/C13H18Si/c1-14(2,3)13-9-8-11-6-4-5-7-12(11)10-13/h4-7,9H,8,10H2,1-3H3. The number of fused-ring (bicyclic) bond motifs is 1. The molecule has 0 heterocycles. The Balaban J connectivity index is 2.30. The summed E-state index contributed by atoms with van der Waals surface area (Å²) in [4.78, 5) is 0. The van der Waals surface area contributed by atoms with Crippen LogP contribution in [0.25, 0.3) is 0 Å². The molecule has 0 saturated carbocycles. The predicted octanol–water partition coefficient (Wildman–Crippen LogP) is 3.59. The molecule has 1 aliphatic rings. The van der Waals surface area contributed by atoms with Gasteiger partial charge in [0, 0.05) is 0 Å². The first-order valence-electron chi connectivity index (χ1n) is 5.33. The van der Waals surface area contributed by atoms with Crippen molar-refractivity contribution in [2.45, 2.75) is 32.5 Å². The van der Waals surface area contributed by atoms with Gasteiger partial charge in [-0.1, -0.05) is 55.2 Å². The van der Waals surface area contributed by atoms with Crippen molar-refractivity contribution in [3.63, 3.8) is 0 Å². The molecule has 14 heavy (non-hydrogen) atoms. The van der Waals surface area contributed by atoms with Gasteiger partial charge in [0.25, 0.3) is 0 Å². The summed E-state index contributed by atoms with van der Waals surface area (Å²) in [6.45, 7) is 7.31. The van der Waals surface area contributed by atoms with Crippen LogP contribution in [0.5, 0.6) is 0 Å². The molecule has 0 bridgehead atoms. The van der Waals surface area contributed by atoms with Crippen LogP contribution in [0.4, 0.5) is 0 Å². The molecule has 2 rings (SSSR count). The maximum atomic E-state index is 2.47. The average Bonchev–Trinajstić information content (AvgIpc) is 2.16. The van der Waals surface area contributed by atoms with E-state index in [1.807, 2.05) is 0 Å². The second-order valence-corrected chi connectivity index (χ2v) is 10.3. The monoisotopic (exact) mass is 202 g/mol. The predicted molar refractivity (Wildman–Crippen MR) is 65.3 cm³/mol. The quantitative estimate of drug-likeness (QED) is 0.611. The molecular weight excluding hydrogens is 184 g/mol. The van der Waals surface area contributed by atoms with Crippen LogP contribution >= 0.6 is 0 Å². The molecule has 1 aliphatic carbocycles. The third kappa shape index (κ3) is 1.83. The van der Waals surface area contributed by atoms with Crippen molar-refractivity contribution in [1.29, 1.82) is 0 Å². The lowest BCUT2D eigenvalue weighted by Crippen LogP contribution is -2.27. The first-order chi connectivity index (χ1) is 6.57. The Hall–Kier alpha value is -0.823. The number of allylic oxidation sites excluding steroid dienone is 2. The first kappa shape index (κ1) is 9.72. The zero-order valence-corrected chi connectivity index (χ0v) is 10.3. The summed E-state index contributed by atoms with van der Waals surface area (Å²) in [5.74, 6) is 0. The molecule has 0 aromatic heterocycles. The fraction of sp³-hybridized carbons (Fsp3) is 0.385. The molecule has 0 aliphatic heterocycles. The number of benzene rings is 1. The largest absolute Gasteiger partial charge is 0.0844 e. The summed E-state index contributed by atoms with van der Waals surface area (Å²) in [6.07, 6.45) is 4.82. The maximum Gasteiger partial charge on any atom is 0.0724 e. The van der Waals surface area contributed by atoms with Crippen molar-refractivity contribution in [1.82, 2.24) is 0 Å². The van der Waals surface area contributed by atoms with E-state index in [0.29, 0.717) is 0 Å². The number of hydrogen-bond acceptors (Lipinski definition) is 0. The molecule has 0 unspecified atom stereocenters. The third-order valence-corrected chi connectivity index (χ3v) is 5.34. The molecule has 0 amide bonds. The summed E-state index contributed by atoms with van der Waals surface area (Å²) in [6, 6.07) is 8.84. The van der Waals surface area contributed by atoms with Crippen LogP contribution in [0, 0.1) is 0 Å². The molecule has 0 atom stereocenters. The van der Waals surface area contributed by atoms with E-state index in [0.717, 1.165) is 6.42 Å². The zero-order valence-electron chi connectivity index (χ0n) is 9.30. The summed E-state index contributed by atoms with van der Waals surface area (Å²) in [5, 5.41) is 1.72. The van der Waals surface area contributed by atoms with Gasteiger partial charge >= 0.3 is 0 Å². The van der Waals surface area contributed by atoms with Gasteiger partial charge in [0.1, 0.15) is 0 Å². The fourth-order valence-electron chi connectivity index (χ4n) is 2.01. The van der Waals surface area contributed by atoms with E-state index in [1.165, 1.54) is 12.0 Å². The Morgan fingerprint density at radius 1 is 1.00 bits per heavy atom. The van der Waals surface area contributed by atoms with Gasteiger partial charge < -0.3 is 0 Å². The highest BCUT2D eigenvalue weighted by molar-refractivity contribution is 6.83. The molecule has 0 N–H and O–H groups in total. The molecule has 74 valence electrons. The van der Waals surface area contributed by atoms with E-state index in [1.54, 1.807) is 10.8 Å². The summed E-state index contributed by atoms with van der Waals surface area (Å²) in [5.41, 5.74) is 3.07. The minimum Gasteiger partial charge on any atom is -0.0844 e. The Morgan fingerprint density at radius 3 is 2.29 bits per heavy atom. The van der Waals surface area contributed by atoms with Gasteiger partial charge in [-0.3, -0.25) is 0 Å². The Bertz CT molecular complexity index is 369. The van der Waals surface area contributed by atoms with E-state index in [2.05, 4.69) is 50.0 Å². The van der Waals surface area contributed by atoms with Crippen molar-refractivity contribution in [3.05, 3.63) is 46.7 Å². The minimum absolute atomic E-state index is 1.06. The highest BCUT2D eigenvalue weighted by atomic mass is 28.3. The second kappa shape index (κ2) is 3.39. The molecule has 1 aromatic carbocycles. The Morgan fingerprint density at radius 2 is 1.64 bits per heavy atom. The van der Waals surface area contributed by atoms with Crippen LogP contribution < -0.4 is 0 Å². The number of hydrogen-bond donors (Lipinski definition) is 0. The SMILES string of the molecule is C[Si](C)(C)C1=CCc2ccccc2C1. The smallest absolute Gasteiger partial charge is 0.0724 e. The van der Waals surface area contributed by atoms with Crippen LogP contribution in [-0.4, -0.2) is 8.07 Å². The van der Waals surface area contributed by atoms with Gasteiger partial charge in [0.05, 0.1) is 8.07 Å². The molecule has 0 spiro atoms. The minimum atomic E-state index is -1.06. The summed E-state index contributed by atoms with van der Waals surface area (Å²) < 4.78 is 0. The molecule has 0 fully saturated rings. The number of rotatable bonds is 1. The second-order valence-electron chi connectivity index (χ2n) is 5.13. The van der Waals surface area contributed by atoms with Gasteiger partial charge in [-0.15, -0.1) is 0 Å². The highest BCUT2D eigenvalue weighted by Gasteiger charge is 2.22. The van der Waals surface area contributed by atoms with E-state index < -0.39 is 8.07 Å². The summed E-state index contributed by atoms with van der Waals surface area (Å²) in [7, 11) is -1.06. The van der Waals surface area contributed by atoms with Crippen molar-refractivity contribution < 1.29 is 0 Å². The Kier molecular flexibility index (Phi) is 2.36. The van der Waals surface area contributed by atoms with Gasteiger partial charge in [-0.25, -0.2) is 0 Å². The van der Waals surface area contributed by atoms with Gasteiger partial charge in [-0.2, -0.15) is 0 Å². The van der Waals surface area contributed by atoms with Crippen LogP contribution in [-0.2, 0) is 12.8 Å². The van der Waals surface area contributed by atoms with E-state index in [9.17, 15) is 0 Å². The van der Waals surface area contributed by atoms with Crippen LogP contribution in [0.15, 0.2) is 35.5 Å². The lowest BCUT2D eigenvalue weighted by atomic mass is 9.97. The highest BCUT2D eigenvalue weighted by Crippen LogP contribution is 2.26. The Labute approximate surface area is 87.7 Å². The van der Waals surface area contributed by atoms with Crippen molar-refractivity contribution in [2.75, 3.05) is 0 Å². The summed E-state index contributed by atoms with van der Waals surface area (Å²) >= 11 is 0. The van der Waals surface area contributed by atoms with Crippen molar-refractivity contribution >= 4 is 8.07 Å². The molecule has 0 nitrogen and oxygen atoms in total. The van der Waals surface area contributed by atoms with Crippen LogP contribution in [0.1, 0.15) is 11.1 Å². The average molecular weight is 202 g/mol. The van der Waals surface area contributed by atoms with E-state index in [4.69, 9.17) is 0 Å². The van der Waals surface area contributed by atoms with Crippen LogP contribution in [0.2, 0.25) is 19.6 Å². The lowest BCUT2D eigenvalue weighted by Gasteiger charge is -2.25. The zero-order chi connectivity index (χ0) is 10.2.